The number of carbonyl (C=O) groups is 2. The molecule has 6 heteroatoms. The van der Waals surface area contributed by atoms with Gasteiger partial charge in [-0.05, 0) is 20.0 Å². The Morgan fingerprint density at radius 3 is 2.29 bits per heavy atom. The van der Waals surface area contributed by atoms with E-state index in [1.165, 1.54) is 0 Å². The Hall–Kier alpha value is -1.30. The number of likely N-dealkylation sites (N-methyl/N-ethyl adjacent to an activating group) is 1. The van der Waals surface area contributed by atoms with E-state index in [2.05, 4.69) is 34.1 Å². The second-order valence-electron chi connectivity index (χ2n) is 3.44. The number of amides is 2. The molecule has 0 spiro atoms. The van der Waals surface area contributed by atoms with Crippen molar-refractivity contribution >= 4 is 12.0 Å². The summed E-state index contributed by atoms with van der Waals surface area (Å²) in [6.45, 7) is 9.40. The van der Waals surface area contributed by atoms with Gasteiger partial charge in [-0.3, -0.25) is 4.79 Å². The van der Waals surface area contributed by atoms with Crippen LogP contribution in [0, 0.1) is 0 Å². The number of nitrogens with one attached hydrogen (secondary N) is 2. The van der Waals surface area contributed by atoms with Crippen LogP contribution >= 0.6 is 0 Å². The predicted octanol–water partition coefficient (Wildman–Crippen LogP) is 0.191. The van der Waals surface area contributed by atoms with E-state index in [4.69, 9.17) is 0 Å². The second-order valence-corrected chi connectivity index (χ2v) is 3.44. The Labute approximate surface area is 103 Å². The largest absolute Gasteiger partial charge is 0.465 e. The predicted molar refractivity (Wildman–Crippen MR) is 65.8 cm³/mol. The van der Waals surface area contributed by atoms with Gasteiger partial charge in [-0.1, -0.05) is 13.8 Å². The standard InChI is InChI=1S/C11H23N3O3/c1-4-14(5-2)8-7-12-11(16)13-9-10(15)17-6-3/h4-9H2,1-3H3,(H2,12,13,16). The van der Waals surface area contributed by atoms with Gasteiger partial charge in [-0.15, -0.1) is 0 Å². The van der Waals surface area contributed by atoms with Crippen LogP contribution in [0.3, 0.4) is 0 Å². The fraction of sp³-hybridized carbons (Fsp3) is 0.818. The Bertz CT molecular complexity index is 230. The van der Waals surface area contributed by atoms with Gasteiger partial charge in [0.1, 0.15) is 6.54 Å². The molecule has 2 amide bonds. The minimum atomic E-state index is -0.425. The average Bonchev–Trinajstić information content (AvgIpc) is 2.32. The third-order valence-electron chi connectivity index (χ3n) is 2.31. The topological polar surface area (TPSA) is 70.7 Å². The highest BCUT2D eigenvalue weighted by Gasteiger charge is 2.05. The fourth-order valence-corrected chi connectivity index (χ4v) is 1.29. The zero-order chi connectivity index (χ0) is 13.1. The summed E-state index contributed by atoms with van der Waals surface area (Å²) >= 11 is 0. The number of carbonyl (C=O) groups excluding carboxylic acids is 2. The first-order valence-corrected chi connectivity index (χ1v) is 6.03. The molecule has 0 aliphatic carbocycles. The van der Waals surface area contributed by atoms with Crippen molar-refractivity contribution in [2.75, 3.05) is 39.3 Å². The molecular weight excluding hydrogens is 222 g/mol. The molecule has 0 saturated heterocycles. The maximum atomic E-state index is 11.3. The van der Waals surface area contributed by atoms with Gasteiger partial charge in [0.05, 0.1) is 6.61 Å². The van der Waals surface area contributed by atoms with Gasteiger partial charge in [0.2, 0.25) is 0 Å². The summed E-state index contributed by atoms with van der Waals surface area (Å²) in [5.41, 5.74) is 0. The minimum absolute atomic E-state index is 0.0923. The van der Waals surface area contributed by atoms with Crippen molar-refractivity contribution in [3.8, 4) is 0 Å². The summed E-state index contributed by atoms with van der Waals surface area (Å²) in [4.78, 5) is 24.4. The zero-order valence-corrected chi connectivity index (χ0v) is 10.9. The number of nitrogens with zero attached hydrogens (tertiary/aromatic N) is 1. The summed E-state index contributed by atoms with van der Waals surface area (Å²) in [6.07, 6.45) is 0. The molecule has 100 valence electrons. The molecule has 0 atom stereocenters. The van der Waals surface area contributed by atoms with Crippen molar-refractivity contribution in [3.63, 3.8) is 0 Å². The molecule has 0 bridgehead atoms. The molecule has 17 heavy (non-hydrogen) atoms. The highest BCUT2D eigenvalue weighted by Crippen LogP contribution is 1.84. The molecule has 0 rings (SSSR count). The number of rotatable bonds is 8. The molecule has 0 aromatic rings. The maximum Gasteiger partial charge on any atom is 0.325 e. The first kappa shape index (κ1) is 15.7. The smallest absolute Gasteiger partial charge is 0.325 e. The second kappa shape index (κ2) is 9.89. The van der Waals surface area contributed by atoms with Crippen molar-refractivity contribution in [1.29, 1.82) is 0 Å². The lowest BCUT2D eigenvalue weighted by Crippen LogP contribution is -2.42. The van der Waals surface area contributed by atoms with E-state index in [1.807, 2.05) is 0 Å². The van der Waals surface area contributed by atoms with Crippen molar-refractivity contribution < 1.29 is 14.3 Å². The van der Waals surface area contributed by atoms with Gasteiger partial charge in [0.25, 0.3) is 0 Å². The summed E-state index contributed by atoms with van der Waals surface area (Å²) in [7, 11) is 0. The van der Waals surface area contributed by atoms with E-state index in [1.54, 1.807) is 6.92 Å². The Morgan fingerprint density at radius 1 is 1.12 bits per heavy atom. The fourth-order valence-electron chi connectivity index (χ4n) is 1.29. The van der Waals surface area contributed by atoms with Crippen LogP contribution in [0.4, 0.5) is 4.79 Å². The Kier molecular flexibility index (Phi) is 9.14. The van der Waals surface area contributed by atoms with E-state index in [0.29, 0.717) is 13.2 Å². The van der Waals surface area contributed by atoms with E-state index in [0.717, 1.165) is 19.6 Å². The van der Waals surface area contributed by atoms with Gasteiger partial charge in [-0.2, -0.15) is 0 Å². The Morgan fingerprint density at radius 2 is 1.76 bits per heavy atom. The molecule has 0 aliphatic heterocycles. The molecule has 0 aromatic heterocycles. The zero-order valence-electron chi connectivity index (χ0n) is 10.9. The molecule has 0 saturated carbocycles. The monoisotopic (exact) mass is 245 g/mol. The van der Waals surface area contributed by atoms with Crippen LogP contribution in [-0.2, 0) is 9.53 Å². The Balaban J connectivity index is 3.56. The highest BCUT2D eigenvalue weighted by atomic mass is 16.5. The number of hydrogen-bond acceptors (Lipinski definition) is 4. The molecule has 0 aromatic carbocycles. The van der Waals surface area contributed by atoms with E-state index < -0.39 is 5.97 Å². The van der Waals surface area contributed by atoms with Crippen LogP contribution in [0.5, 0.6) is 0 Å². The van der Waals surface area contributed by atoms with Gasteiger partial charge in [0, 0.05) is 13.1 Å². The lowest BCUT2D eigenvalue weighted by molar-refractivity contribution is -0.141. The number of esters is 1. The average molecular weight is 245 g/mol. The molecular formula is C11H23N3O3. The summed E-state index contributed by atoms with van der Waals surface area (Å²) in [5, 5.41) is 5.11. The highest BCUT2D eigenvalue weighted by molar-refractivity contribution is 5.80. The first-order chi connectivity index (χ1) is 8.13. The van der Waals surface area contributed by atoms with Gasteiger partial charge >= 0.3 is 12.0 Å². The van der Waals surface area contributed by atoms with E-state index in [9.17, 15) is 9.59 Å². The van der Waals surface area contributed by atoms with Crippen LogP contribution in [0.15, 0.2) is 0 Å². The lowest BCUT2D eigenvalue weighted by atomic mass is 10.4. The van der Waals surface area contributed by atoms with Crippen molar-refractivity contribution in [2.24, 2.45) is 0 Å². The third-order valence-corrected chi connectivity index (χ3v) is 2.31. The number of ether oxygens (including phenoxy) is 1. The minimum Gasteiger partial charge on any atom is -0.465 e. The lowest BCUT2D eigenvalue weighted by Gasteiger charge is -2.17. The maximum absolute atomic E-state index is 11.3. The number of hydrogen-bond donors (Lipinski definition) is 2. The quantitative estimate of drug-likeness (QED) is 0.599. The molecule has 0 fully saturated rings. The van der Waals surface area contributed by atoms with E-state index in [-0.39, 0.29) is 12.6 Å². The first-order valence-electron chi connectivity index (χ1n) is 6.03. The molecule has 0 radical (unpaired) electrons. The molecule has 0 aliphatic rings. The molecule has 0 unspecified atom stereocenters. The van der Waals surface area contributed by atoms with Crippen molar-refractivity contribution in [3.05, 3.63) is 0 Å². The van der Waals surface area contributed by atoms with Crippen LogP contribution in [0.25, 0.3) is 0 Å². The number of urea groups is 1. The molecule has 0 heterocycles. The summed E-state index contributed by atoms with van der Waals surface area (Å²) in [5.74, 6) is -0.425. The summed E-state index contributed by atoms with van der Waals surface area (Å²) < 4.78 is 4.68. The van der Waals surface area contributed by atoms with E-state index >= 15 is 0 Å². The normalized spacial score (nSPS) is 10.1. The molecule has 2 N–H and O–H groups in total. The molecule has 6 nitrogen and oxygen atoms in total. The van der Waals surface area contributed by atoms with Crippen molar-refractivity contribution in [1.82, 2.24) is 15.5 Å². The van der Waals surface area contributed by atoms with Crippen LogP contribution < -0.4 is 10.6 Å². The van der Waals surface area contributed by atoms with Gasteiger partial charge in [-0.25, -0.2) is 4.79 Å². The SMILES string of the molecule is CCOC(=O)CNC(=O)NCCN(CC)CC. The van der Waals surface area contributed by atoms with Crippen LogP contribution in [0.2, 0.25) is 0 Å². The summed E-state index contributed by atoms with van der Waals surface area (Å²) in [6, 6.07) is -0.342. The van der Waals surface area contributed by atoms with Crippen molar-refractivity contribution in [2.45, 2.75) is 20.8 Å². The third kappa shape index (κ3) is 8.50. The van der Waals surface area contributed by atoms with Gasteiger partial charge < -0.3 is 20.3 Å². The van der Waals surface area contributed by atoms with Gasteiger partial charge in [0.15, 0.2) is 0 Å². The van der Waals surface area contributed by atoms with Crippen LogP contribution in [-0.4, -0.2) is 56.2 Å². The van der Waals surface area contributed by atoms with Crippen LogP contribution in [0.1, 0.15) is 20.8 Å².